The molecule has 0 spiro atoms. The molecule has 6 heteroatoms. The molecule has 0 aliphatic carbocycles. The number of terminal acetylenes is 1. The van der Waals surface area contributed by atoms with Crippen LogP contribution in [0.4, 0.5) is 0 Å². The van der Waals surface area contributed by atoms with Gasteiger partial charge in [-0.25, -0.2) is 4.98 Å². The average Bonchev–Trinajstić information content (AvgIpc) is 2.67. The number of hydrogen-bond donors (Lipinski definition) is 2. The Morgan fingerprint density at radius 2 is 1.77 bits per heavy atom. The van der Waals surface area contributed by atoms with E-state index in [1.165, 1.54) is 5.56 Å². The molecule has 0 bridgehead atoms. The number of aliphatic imine (C=N–C) groups is 1. The third kappa shape index (κ3) is 7.04. The molecule has 0 atom stereocenters. The van der Waals surface area contributed by atoms with E-state index in [0.29, 0.717) is 5.15 Å². The molecule has 0 aliphatic heterocycles. The van der Waals surface area contributed by atoms with Crippen molar-refractivity contribution in [2.75, 3.05) is 26.7 Å². The summed E-state index contributed by atoms with van der Waals surface area (Å²) in [5.41, 5.74) is 2.35. The van der Waals surface area contributed by atoms with Crippen LogP contribution in [0.25, 0.3) is 0 Å². The highest BCUT2D eigenvalue weighted by Gasteiger charge is 2.00. The zero-order valence-electron chi connectivity index (χ0n) is 14.8. The zero-order chi connectivity index (χ0) is 18.6. The van der Waals surface area contributed by atoms with Crippen molar-refractivity contribution in [3.05, 3.63) is 58.9 Å². The van der Waals surface area contributed by atoms with Crippen molar-refractivity contribution in [2.45, 2.75) is 12.8 Å². The number of rotatable bonds is 8. The molecule has 2 aromatic rings. The summed E-state index contributed by atoms with van der Waals surface area (Å²) in [4.78, 5) is 8.31. The quantitative estimate of drug-likeness (QED) is 0.324. The number of halogens is 1. The fraction of sp³-hybridized carbons (Fsp3) is 0.300. The maximum atomic E-state index is 5.79. The SMILES string of the molecule is C#CCOc1ccc(CCNC(=NC)NCCc2ccc(Cl)nc2)cc1. The topological polar surface area (TPSA) is 58.5 Å². The van der Waals surface area contributed by atoms with Crippen molar-refractivity contribution in [3.8, 4) is 18.1 Å². The molecule has 5 nitrogen and oxygen atoms in total. The van der Waals surface area contributed by atoms with Gasteiger partial charge in [-0.2, -0.15) is 0 Å². The molecule has 26 heavy (non-hydrogen) atoms. The van der Waals surface area contributed by atoms with Crippen LogP contribution in [0.1, 0.15) is 11.1 Å². The summed E-state index contributed by atoms with van der Waals surface area (Å²) in [7, 11) is 1.76. The summed E-state index contributed by atoms with van der Waals surface area (Å²) in [6, 6.07) is 11.7. The maximum Gasteiger partial charge on any atom is 0.190 e. The lowest BCUT2D eigenvalue weighted by Gasteiger charge is -2.12. The first-order valence-corrected chi connectivity index (χ1v) is 8.79. The van der Waals surface area contributed by atoms with Crippen molar-refractivity contribution in [1.29, 1.82) is 0 Å². The van der Waals surface area contributed by atoms with Gasteiger partial charge < -0.3 is 15.4 Å². The molecule has 0 amide bonds. The number of guanidine groups is 1. The van der Waals surface area contributed by atoms with Crippen LogP contribution in [0, 0.1) is 12.3 Å². The second-order valence-electron chi connectivity index (χ2n) is 5.55. The average molecular weight is 371 g/mol. The van der Waals surface area contributed by atoms with Crippen molar-refractivity contribution in [2.24, 2.45) is 4.99 Å². The van der Waals surface area contributed by atoms with E-state index in [-0.39, 0.29) is 6.61 Å². The minimum Gasteiger partial charge on any atom is -0.481 e. The van der Waals surface area contributed by atoms with Gasteiger partial charge in [0.05, 0.1) is 0 Å². The van der Waals surface area contributed by atoms with E-state index in [2.05, 4.69) is 26.5 Å². The Kier molecular flexibility index (Phi) is 8.31. The molecule has 0 aliphatic rings. The predicted molar refractivity (Wildman–Crippen MR) is 107 cm³/mol. The lowest BCUT2D eigenvalue weighted by atomic mass is 10.1. The largest absolute Gasteiger partial charge is 0.481 e. The number of ether oxygens (including phenoxy) is 1. The van der Waals surface area contributed by atoms with E-state index >= 15 is 0 Å². The Labute approximate surface area is 159 Å². The molecule has 0 saturated carbocycles. The lowest BCUT2D eigenvalue weighted by Crippen LogP contribution is -2.39. The van der Waals surface area contributed by atoms with E-state index in [9.17, 15) is 0 Å². The Balaban J connectivity index is 1.68. The summed E-state index contributed by atoms with van der Waals surface area (Å²) >= 11 is 5.79. The molecule has 0 saturated heterocycles. The number of pyridine rings is 1. The standard InChI is InChI=1S/C20H23ClN4O/c1-3-14-26-18-7-4-16(5-8-18)10-12-23-20(22-2)24-13-11-17-6-9-19(21)25-15-17/h1,4-9,15H,10-14H2,2H3,(H2,22,23,24). The van der Waals surface area contributed by atoms with Gasteiger partial charge in [-0.3, -0.25) is 4.99 Å². The zero-order valence-corrected chi connectivity index (χ0v) is 15.6. The fourth-order valence-corrected chi connectivity index (χ4v) is 2.41. The highest BCUT2D eigenvalue weighted by Crippen LogP contribution is 2.12. The van der Waals surface area contributed by atoms with Gasteiger partial charge in [0.2, 0.25) is 0 Å². The highest BCUT2D eigenvalue weighted by atomic mass is 35.5. The van der Waals surface area contributed by atoms with Gasteiger partial charge in [0.1, 0.15) is 17.5 Å². The third-order valence-corrected chi connectivity index (χ3v) is 3.89. The molecule has 1 aromatic carbocycles. The van der Waals surface area contributed by atoms with E-state index in [1.54, 1.807) is 19.3 Å². The molecule has 0 fully saturated rings. The fourth-order valence-electron chi connectivity index (χ4n) is 2.30. The molecule has 0 radical (unpaired) electrons. The van der Waals surface area contributed by atoms with Crippen LogP contribution in [0.2, 0.25) is 5.15 Å². The van der Waals surface area contributed by atoms with E-state index < -0.39 is 0 Å². The second kappa shape index (κ2) is 11.0. The molecular weight excluding hydrogens is 348 g/mol. The van der Waals surface area contributed by atoms with Crippen LogP contribution in [0.5, 0.6) is 5.75 Å². The van der Waals surface area contributed by atoms with Gasteiger partial charge in [-0.1, -0.05) is 35.7 Å². The number of nitrogens with zero attached hydrogens (tertiary/aromatic N) is 2. The minimum absolute atomic E-state index is 0.287. The summed E-state index contributed by atoms with van der Waals surface area (Å²) in [6.07, 6.45) is 8.70. The van der Waals surface area contributed by atoms with Crippen LogP contribution >= 0.6 is 11.6 Å². The first kappa shape index (κ1) is 19.6. The van der Waals surface area contributed by atoms with Gasteiger partial charge in [-0.15, -0.1) is 6.42 Å². The molecule has 1 aromatic heterocycles. The number of nitrogens with one attached hydrogen (secondary N) is 2. The maximum absolute atomic E-state index is 5.79. The summed E-state index contributed by atoms with van der Waals surface area (Å²) in [5.74, 6) is 4.02. The van der Waals surface area contributed by atoms with Crippen LogP contribution in [0.3, 0.4) is 0 Å². The Morgan fingerprint density at radius 1 is 1.12 bits per heavy atom. The second-order valence-corrected chi connectivity index (χ2v) is 5.94. The third-order valence-electron chi connectivity index (χ3n) is 3.67. The summed E-state index contributed by atoms with van der Waals surface area (Å²) in [6.45, 7) is 1.84. The van der Waals surface area contributed by atoms with Crippen molar-refractivity contribution < 1.29 is 4.74 Å². The highest BCUT2D eigenvalue weighted by molar-refractivity contribution is 6.29. The lowest BCUT2D eigenvalue weighted by molar-refractivity contribution is 0.370. The van der Waals surface area contributed by atoms with Crippen LogP contribution in [-0.4, -0.2) is 37.7 Å². The molecular formula is C20H23ClN4O. The van der Waals surface area contributed by atoms with Gasteiger partial charge in [0.15, 0.2) is 5.96 Å². The predicted octanol–water partition coefficient (Wildman–Crippen LogP) is 2.70. The van der Waals surface area contributed by atoms with E-state index in [0.717, 1.165) is 43.2 Å². The normalized spacial score (nSPS) is 10.9. The Morgan fingerprint density at radius 3 is 2.35 bits per heavy atom. The number of benzene rings is 1. The smallest absolute Gasteiger partial charge is 0.190 e. The van der Waals surface area contributed by atoms with Gasteiger partial charge in [-0.05, 0) is 42.2 Å². The Hall–Kier alpha value is -2.71. The van der Waals surface area contributed by atoms with Crippen LogP contribution < -0.4 is 15.4 Å². The van der Waals surface area contributed by atoms with Gasteiger partial charge >= 0.3 is 0 Å². The first-order chi connectivity index (χ1) is 12.7. The van der Waals surface area contributed by atoms with E-state index in [1.807, 2.05) is 30.3 Å². The molecule has 2 N–H and O–H groups in total. The first-order valence-electron chi connectivity index (χ1n) is 8.41. The monoisotopic (exact) mass is 370 g/mol. The van der Waals surface area contributed by atoms with Crippen LogP contribution in [0.15, 0.2) is 47.6 Å². The minimum atomic E-state index is 0.287. The number of hydrogen-bond acceptors (Lipinski definition) is 3. The molecule has 0 unspecified atom stereocenters. The van der Waals surface area contributed by atoms with Gasteiger partial charge in [0, 0.05) is 26.3 Å². The summed E-state index contributed by atoms with van der Waals surface area (Å²) < 4.78 is 5.36. The van der Waals surface area contributed by atoms with Crippen LogP contribution in [-0.2, 0) is 12.8 Å². The van der Waals surface area contributed by atoms with Crippen molar-refractivity contribution >= 4 is 17.6 Å². The Bertz CT molecular complexity index is 736. The number of aromatic nitrogens is 1. The summed E-state index contributed by atoms with van der Waals surface area (Å²) in [5, 5.41) is 7.11. The molecule has 2 rings (SSSR count). The molecule has 1 heterocycles. The van der Waals surface area contributed by atoms with Crippen molar-refractivity contribution in [3.63, 3.8) is 0 Å². The molecule has 136 valence electrons. The van der Waals surface area contributed by atoms with Gasteiger partial charge in [0.25, 0.3) is 0 Å². The van der Waals surface area contributed by atoms with Crippen molar-refractivity contribution in [1.82, 2.24) is 15.6 Å². The van der Waals surface area contributed by atoms with E-state index in [4.69, 9.17) is 22.8 Å².